The number of carboxylic acid groups (broad SMARTS) is 1. The van der Waals surface area contributed by atoms with Gasteiger partial charge < -0.3 is 31.5 Å². The summed E-state index contributed by atoms with van der Waals surface area (Å²) in [4.78, 5) is 58.9. The molecule has 1 aromatic heterocycles. The maximum Gasteiger partial charge on any atom is 0.352 e. The Labute approximate surface area is 196 Å². The normalized spacial score (nSPS) is 21.1. The number of thiazole rings is 1. The van der Waals surface area contributed by atoms with E-state index in [9.17, 15) is 24.3 Å². The number of nitrogen functional groups attached to an aromatic ring is 1. The summed E-state index contributed by atoms with van der Waals surface area (Å²) in [5, 5.41) is 17.1. The van der Waals surface area contributed by atoms with Crippen molar-refractivity contribution in [2.75, 3.05) is 24.6 Å². The van der Waals surface area contributed by atoms with Gasteiger partial charge in [0.05, 0.1) is 0 Å². The van der Waals surface area contributed by atoms with E-state index >= 15 is 0 Å². The molecule has 33 heavy (non-hydrogen) atoms. The summed E-state index contributed by atoms with van der Waals surface area (Å²) in [7, 11) is 0. The number of oxime groups is 1. The van der Waals surface area contributed by atoms with Gasteiger partial charge in [-0.3, -0.25) is 19.3 Å². The van der Waals surface area contributed by atoms with Gasteiger partial charge in [0.1, 0.15) is 35.5 Å². The van der Waals surface area contributed by atoms with Crippen LogP contribution in [0, 0.1) is 0 Å². The Balaban J connectivity index is 1.78. The lowest BCUT2D eigenvalue weighted by molar-refractivity contribution is -0.150. The molecule has 178 valence electrons. The molecule has 15 heteroatoms. The third-order valence-corrected chi connectivity index (χ3v) is 6.64. The Kier molecular flexibility index (Phi) is 7.55. The fourth-order valence-electron chi connectivity index (χ4n) is 2.98. The molecule has 2 aliphatic heterocycles. The van der Waals surface area contributed by atoms with Crippen LogP contribution in [-0.4, -0.2) is 80.9 Å². The van der Waals surface area contributed by atoms with Crippen LogP contribution < -0.4 is 16.8 Å². The second-order valence-corrected chi connectivity index (χ2v) is 9.06. The molecule has 3 atom stereocenters. The fourth-order valence-corrected chi connectivity index (χ4v) is 4.85. The molecular weight excluding hydrogens is 476 g/mol. The molecule has 0 aromatic carbocycles. The summed E-state index contributed by atoms with van der Waals surface area (Å²) in [6, 6.07) is -1.000. The molecule has 3 heterocycles. The average Bonchev–Trinajstić information content (AvgIpc) is 3.20. The van der Waals surface area contributed by atoms with E-state index < -0.39 is 41.3 Å². The number of aliphatic carboxylic acids is 1. The molecule has 1 saturated heterocycles. The highest BCUT2D eigenvalue weighted by Gasteiger charge is 2.54. The number of ether oxygens (including phenoxy) is 1. The second-order valence-electron chi connectivity index (χ2n) is 7.06. The highest BCUT2D eigenvalue weighted by molar-refractivity contribution is 8.00. The van der Waals surface area contributed by atoms with Crippen molar-refractivity contribution in [2.45, 2.75) is 31.4 Å². The van der Waals surface area contributed by atoms with Crippen molar-refractivity contribution in [3.63, 3.8) is 0 Å². The first-order valence-electron chi connectivity index (χ1n) is 9.63. The maximum atomic E-state index is 12.9. The number of nitrogens with one attached hydrogen (secondary N) is 1. The number of aromatic nitrogens is 1. The molecule has 3 rings (SSSR count). The number of hydrogen-bond acceptors (Lipinski definition) is 12. The summed E-state index contributed by atoms with van der Waals surface area (Å²) in [6.45, 7) is 2.78. The number of carbonyl (C=O) groups excluding carboxylic acids is 3. The molecule has 2 aliphatic rings. The SMILES string of the molecule is CC(=O)OCC1=C(C(=O)O)N2C(=O)[C@@H](NC(=O)C(=NOC(C)CN)c3csc(N)n3)[C@H]2SC1. The van der Waals surface area contributed by atoms with Crippen LogP contribution >= 0.6 is 23.1 Å². The standard InChI is InChI=1S/C18H22N6O7S2/c1-7(3-19)31-23-11(10-6-33-18(20)21-10)14(26)22-12-15(27)24-13(17(28)29)9(4-30-8(2)25)5-32-16(12)24/h6-7,12,16H,3-5,19H2,1-2H3,(H2,20,21)(H,22,26)(H,28,29)/t7?,12-,16-/m1/s1. The zero-order valence-corrected chi connectivity index (χ0v) is 19.3. The van der Waals surface area contributed by atoms with E-state index in [4.69, 9.17) is 21.0 Å². The molecule has 0 spiro atoms. The third kappa shape index (κ3) is 5.26. The van der Waals surface area contributed by atoms with Crippen LogP contribution in [0.1, 0.15) is 19.5 Å². The molecular formula is C18H22N6O7S2. The molecule has 0 bridgehead atoms. The molecule has 2 amide bonds. The Morgan fingerprint density at radius 1 is 1.45 bits per heavy atom. The van der Waals surface area contributed by atoms with E-state index in [2.05, 4.69) is 15.5 Å². The van der Waals surface area contributed by atoms with Gasteiger partial charge in [0.2, 0.25) is 0 Å². The topological polar surface area (TPSA) is 200 Å². The zero-order chi connectivity index (χ0) is 24.3. The monoisotopic (exact) mass is 498 g/mol. The van der Waals surface area contributed by atoms with Gasteiger partial charge in [-0.05, 0) is 6.92 Å². The molecule has 1 aromatic rings. The summed E-state index contributed by atoms with van der Waals surface area (Å²) < 4.78 is 4.90. The number of anilines is 1. The Morgan fingerprint density at radius 3 is 2.76 bits per heavy atom. The predicted octanol–water partition coefficient (Wildman–Crippen LogP) is -0.905. The van der Waals surface area contributed by atoms with E-state index in [1.54, 1.807) is 6.92 Å². The van der Waals surface area contributed by atoms with Gasteiger partial charge in [0, 0.05) is 30.2 Å². The lowest BCUT2D eigenvalue weighted by atomic mass is 10.0. The van der Waals surface area contributed by atoms with Crippen LogP contribution in [0.3, 0.4) is 0 Å². The van der Waals surface area contributed by atoms with Gasteiger partial charge in [0.25, 0.3) is 11.8 Å². The summed E-state index contributed by atoms with van der Waals surface area (Å²) in [6.07, 6.45) is -0.475. The van der Waals surface area contributed by atoms with Gasteiger partial charge in [-0.1, -0.05) is 5.16 Å². The van der Waals surface area contributed by atoms with E-state index in [0.29, 0.717) is 5.57 Å². The van der Waals surface area contributed by atoms with Gasteiger partial charge in [-0.2, -0.15) is 0 Å². The first-order valence-corrected chi connectivity index (χ1v) is 11.6. The lowest BCUT2D eigenvalue weighted by Crippen LogP contribution is -2.71. The largest absolute Gasteiger partial charge is 0.477 e. The highest BCUT2D eigenvalue weighted by atomic mass is 32.2. The van der Waals surface area contributed by atoms with Crippen molar-refractivity contribution in [2.24, 2.45) is 10.9 Å². The number of hydrogen-bond donors (Lipinski definition) is 4. The van der Waals surface area contributed by atoms with Crippen molar-refractivity contribution >= 4 is 57.7 Å². The quantitative estimate of drug-likeness (QED) is 0.142. The van der Waals surface area contributed by atoms with Gasteiger partial charge >= 0.3 is 11.9 Å². The van der Waals surface area contributed by atoms with E-state index in [1.165, 1.54) is 24.1 Å². The van der Waals surface area contributed by atoms with Crippen LogP contribution in [0.15, 0.2) is 21.8 Å². The van der Waals surface area contributed by atoms with Crippen LogP contribution in [-0.2, 0) is 28.8 Å². The number of rotatable bonds is 9. The summed E-state index contributed by atoms with van der Waals surface area (Å²) in [5.41, 5.74) is 11.2. The molecule has 1 unspecified atom stereocenters. The van der Waals surface area contributed by atoms with Crippen LogP contribution in [0.5, 0.6) is 0 Å². The highest BCUT2D eigenvalue weighted by Crippen LogP contribution is 2.40. The number of nitrogens with zero attached hydrogens (tertiary/aromatic N) is 3. The molecule has 0 saturated carbocycles. The first kappa shape index (κ1) is 24.5. The van der Waals surface area contributed by atoms with E-state index in [-0.39, 0.29) is 41.1 Å². The fraction of sp³-hybridized carbons (Fsp3) is 0.444. The zero-order valence-electron chi connectivity index (χ0n) is 17.6. The Bertz CT molecular complexity index is 1040. The van der Waals surface area contributed by atoms with E-state index in [0.717, 1.165) is 16.2 Å². The molecule has 0 aliphatic carbocycles. The molecule has 13 nitrogen and oxygen atoms in total. The average molecular weight is 499 g/mol. The Morgan fingerprint density at radius 2 is 2.18 bits per heavy atom. The summed E-state index contributed by atoms with van der Waals surface area (Å²) >= 11 is 2.33. The van der Waals surface area contributed by atoms with Crippen molar-refractivity contribution in [1.82, 2.24) is 15.2 Å². The van der Waals surface area contributed by atoms with Gasteiger partial charge in [-0.25, -0.2) is 9.78 Å². The van der Waals surface area contributed by atoms with Crippen molar-refractivity contribution in [3.05, 3.63) is 22.3 Å². The smallest absolute Gasteiger partial charge is 0.352 e. The number of β-lactam (4-membered cyclic amide) rings is 1. The maximum absolute atomic E-state index is 12.9. The van der Waals surface area contributed by atoms with Crippen LogP contribution in [0.25, 0.3) is 0 Å². The Hall–Kier alpha value is -3.17. The van der Waals surface area contributed by atoms with Crippen LogP contribution in [0.4, 0.5) is 5.13 Å². The predicted molar refractivity (Wildman–Crippen MR) is 119 cm³/mol. The number of amides is 2. The van der Waals surface area contributed by atoms with Crippen molar-refractivity contribution in [3.8, 4) is 0 Å². The number of carbonyl (C=O) groups is 4. The third-order valence-electron chi connectivity index (χ3n) is 4.62. The van der Waals surface area contributed by atoms with Crippen LogP contribution in [0.2, 0.25) is 0 Å². The van der Waals surface area contributed by atoms with E-state index in [1.807, 2.05) is 0 Å². The minimum absolute atomic E-state index is 0.159. The lowest BCUT2D eigenvalue weighted by Gasteiger charge is -2.49. The minimum Gasteiger partial charge on any atom is -0.477 e. The van der Waals surface area contributed by atoms with Gasteiger partial charge in [-0.15, -0.1) is 23.1 Å². The molecule has 6 N–H and O–H groups in total. The number of carboxylic acids is 1. The summed E-state index contributed by atoms with van der Waals surface area (Å²) in [5.74, 6) is -3.05. The van der Waals surface area contributed by atoms with Gasteiger partial charge in [0.15, 0.2) is 10.8 Å². The van der Waals surface area contributed by atoms with Crippen molar-refractivity contribution in [1.29, 1.82) is 0 Å². The minimum atomic E-state index is -1.33. The number of fused-ring (bicyclic) bond motifs is 1. The molecule has 1 fully saturated rings. The number of esters is 1. The number of nitrogens with two attached hydrogens (primary N) is 2. The molecule has 0 radical (unpaired) electrons. The first-order chi connectivity index (χ1) is 15.6. The number of thioether (sulfide) groups is 1. The van der Waals surface area contributed by atoms with Crippen molar-refractivity contribution < 1.29 is 33.9 Å². The second kappa shape index (κ2) is 10.2.